The second kappa shape index (κ2) is 10.4. The Morgan fingerprint density at radius 1 is 1.02 bits per heavy atom. The van der Waals surface area contributed by atoms with E-state index in [2.05, 4.69) is 42.4 Å². The van der Waals surface area contributed by atoms with E-state index < -0.39 is 74.9 Å². The average molecular weight is 662 g/mol. The molecule has 7 heterocycles. The molecule has 3 saturated heterocycles. The Morgan fingerprint density at radius 2 is 1.83 bits per heavy atom. The third-order valence-electron chi connectivity index (χ3n) is 6.82. The number of aliphatic hydroxyl groups excluding tert-OH is 2. The van der Waals surface area contributed by atoms with Crippen LogP contribution in [0.25, 0.3) is 22.2 Å². The van der Waals surface area contributed by atoms with Gasteiger partial charge in [-0.1, -0.05) is 12.2 Å². The van der Waals surface area contributed by atoms with Gasteiger partial charge >= 0.3 is 13.5 Å². The zero-order chi connectivity index (χ0) is 29.4. The molecule has 0 spiro atoms. The molecule has 0 radical (unpaired) electrons. The van der Waals surface area contributed by atoms with Crippen molar-refractivity contribution < 1.29 is 47.2 Å². The molecule has 23 heteroatoms. The highest BCUT2D eigenvalue weighted by Gasteiger charge is 2.54. The summed E-state index contributed by atoms with van der Waals surface area (Å²) in [5.74, 6) is 0. The number of aliphatic hydroxyl groups is 2. The largest absolute Gasteiger partial charge is 0.388 e. The zero-order valence-electron chi connectivity index (χ0n) is 20.7. The minimum absolute atomic E-state index is 0.00217. The fourth-order valence-corrected chi connectivity index (χ4v) is 8.05. The van der Waals surface area contributed by atoms with Gasteiger partial charge in [0.1, 0.15) is 42.4 Å². The first-order chi connectivity index (χ1) is 20.0. The van der Waals surface area contributed by atoms with Crippen LogP contribution in [-0.2, 0) is 43.9 Å². The summed E-state index contributed by atoms with van der Waals surface area (Å²) >= 11 is 9.25. The SMILES string of the molecule is O=c1[nH]ncc2c1ncn2C1OC2OP(=O)(S)O[C@@H]3C(COP(O)(=S)O[C@@H]1[C@@H]2O)O[C@@H](n1cnc2cncnc21)[C@@H]3O. The summed E-state index contributed by atoms with van der Waals surface area (Å²) in [6.07, 6.45) is -4.89. The van der Waals surface area contributed by atoms with Crippen molar-refractivity contribution in [1.29, 1.82) is 0 Å². The predicted molar refractivity (Wildman–Crippen MR) is 143 cm³/mol. The van der Waals surface area contributed by atoms with E-state index in [1.54, 1.807) is 0 Å². The fraction of sp³-hybridized carbons (Fsp3) is 0.474. The third-order valence-corrected chi connectivity index (χ3v) is 9.92. The normalized spacial score (nSPS) is 39.2. The lowest BCUT2D eigenvalue weighted by Crippen LogP contribution is -2.38. The maximum atomic E-state index is 13.5. The molecule has 42 heavy (non-hydrogen) atoms. The van der Waals surface area contributed by atoms with Crippen molar-refractivity contribution in [3.8, 4) is 0 Å². The van der Waals surface area contributed by atoms with E-state index >= 15 is 0 Å². The van der Waals surface area contributed by atoms with Crippen LogP contribution in [0.3, 0.4) is 0 Å². The number of nitrogens with one attached hydrogen (secondary N) is 1. The molecule has 7 rings (SSSR count). The summed E-state index contributed by atoms with van der Waals surface area (Å²) in [6, 6.07) is 0. The van der Waals surface area contributed by atoms with Gasteiger partial charge in [0.25, 0.3) is 5.56 Å². The molecule has 3 fully saturated rings. The first-order valence-electron chi connectivity index (χ1n) is 12.1. The Bertz CT molecular complexity index is 1820. The predicted octanol–water partition coefficient (Wildman–Crippen LogP) is -0.495. The molecule has 10 atom stereocenters. The number of nitrogens with zero attached hydrogens (tertiary/aromatic N) is 7. The van der Waals surface area contributed by atoms with Crippen LogP contribution in [0.15, 0.2) is 36.2 Å². The van der Waals surface area contributed by atoms with Crippen LogP contribution < -0.4 is 5.56 Å². The Labute approximate surface area is 243 Å². The highest BCUT2D eigenvalue weighted by molar-refractivity contribution is 8.44. The van der Waals surface area contributed by atoms with Gasteiger partial charge in [-0.05, 0) is 11.8 Å². The van der Waals surface area contributed by atoms with Crippen LogP contribution in [0.1, 0.15) is 12.5 Å². The number of aromatic amines is 1. The second-order valence-corrected chi connectivity index (χ2v) is 15.0. The molecule has 4 aromatic heterocycles. The van der Waals surface area contributed by atoms with Crippen LogP contribution in [0.5, 0.6) is 0 Å². The van der Waals surface area contributed by atoms with Crippen LogP contribution in [-0.4, -0.2) is 97.8 Å². The summed E-state index contributed by atoms with van der Waals surface area (Å²) in [6.45, 7) is -9.12. The van der Waals surface area contributed by atoms with Crippen molar-refractivity contribution in [2.24, 2.45) is 0 Å². The molecule has 3 aliphatic rings. The third kappa shape index (κ3) is 4.93. The van der Waals surface area contributed by atoms with Gasteiger partial charge < -0.3 is 29.1 Å². The van der Waals surface area contributed by atoms with Crippen LogP contribution >= 0.6 is 25.8 Å². The topological polar surface area (TPSA) is 240 Å². The molecule has 2 bridgehead atoms. The smallest absolute Gasteiger partial charge is 0.386 e. The molecule has 4 aromatic rings. The standard InChI is InChI=1S/C19H20N8O11P2S2/c28-11-13-9(34-17(11)27-5-22-7-1-20-4-21-15(7)27)3-33-39(31,41)37-14-12(29)19(38-40(32,42)36-13)35-18(14)26-6-23-10-8(26)2-24-25-16(10)30/h1-2,4-6,9,11-14,17-19,28-29H,3H2,(H,25,30)(H,31,41)(H,32,42)/t9?,11-,12+,13-,14-,17-,18?,19?,39?,40?/m1/s1. The first-order valence-corrected chi connectivity index (χ1v) is 17.4. The van der Waals surface area contributed by atoms with Gasteiger partial charge in [0, 0.05) is 0 Å². The van der Waals surface area contributed by atoms with Gasteiger partial charge in [-0.2, -0.15) is 5.10 Å². The van der Waals surface area contributed by atoms with Crippen LogP contribution in [0, 0.1) is 0 Å². The minimum atomic E-state index is -4.44. The van der Waals surface area contributed by atoms with Crippen molar-refractivity contribution in [2.75, 3.05) is 6.61 Å². The number of rotatable bonds is 2. The van der Waals surface area contributed by atoms with Gasteiger partial charge in [0.05, 0.1) is 37.2 Å². The maximum absolute atomic E-state index is 13.5. The van der Waals surface area contributed by atoms with Gasteiger partial charge in [-0.3, -0.25) is 27.5 Å². The molecule has 5 unspecified atom stereocenters. The number of hydrogen-bond donors (Lipinski definition) is 5. The lowest BCUT2D eigenvalue weighted by molar-refractivity contribution is -0.130. The van der Waals surface area contributed by atoms with E-state index in [1.165, 1.54) is 40.5 Å². The second-order valence-electron chi connectivity index (χ2n) is 9.39. The maximum Gasteiger partial charge on any atom is 0.388 e. The van der Waals surface area contributed by atoms with Crippen molar-refractivity contribution in [3.63, 3.8) is 0 Å². The number of ether oxygens (including phenoxy) is 2. The molecule has 0 saturated carbocycles. The van der Waals surface area contributed by atoms with E-state index in [4.69, 9.17) is 39.4 Å². The number of H-pyrrole nitrogens is 1. The average Bonchev–Trinajstić information content (AvgIpc) is 3.69. The van der Waals surface area contributed by atoms with E-state index in [-0.39, 0.29) is 11.0 Å². The lowest BCUT2D eigenvalue weighted by Gasteiger charge is -2.29. The van der Waals surface area contributed by atoms with Crippen molar-refractivity contribution in [1.82, 2.24) is 39.3 Å². The summed E-state index contributed by atoms with van der Waals surface area (Å²) in [4.78, 5) is 39.4. The Morgan fingerprint density at radius 3 is 2.67 bits per heavy atom. The van der Waals surface area contributed by atoms with Crippen molar-refractivity contribution in [3.05, 3.63) is 41.7 Å². The van der Waals surface area contributed by atoms with Gasteiger partial charge in [0.15, 0.2) is 29.9 Å². The molecular weight excluding hydrogens is 642 g/mol. The number of imidazole rings is 2. The zero-order valence-corrected chi connectivity index (χ0v) is 24.2. The van der Waals surface area contributed by atoms with Gasteiger partial charge in [-0.15, -0.1) is 0 Å². The number of hydrogen-bond acceptors (Lipinski definition) is 16. The van der Waals surface area contributed by atoms with Gasteiger partial charge in [-0.25, -0.2) is 29.6 Å². The highest BCUT2D eigenvalue weighted by Crippen LogP contribution is 2.60. The Balaban J connectivity index is 1.22. The van der Waals surface area contributed by atoms with Gasteiger partial charge in [0.2, 0.25) is 0 Å². The molecule has 224 valence electrons. The lowest BCUT2D eigenvalue weighted by atomic mass is 10.1. The molecule has 19 nitrogen and oxygen atoms in total. The van der Waals surface area contributed by atoms with E-state index in [1.807, 2.05) is 0 Å². The van der Waals surface area contributed by atoms with Crippen molar-refractivity contribution >= 4 is 59.8 Å². The first kappa shape index (κ1) is 28.5. The molecule has 4 N–H and O–H groups in total. The van der Waals surface area contributed by atoms with E-state index in [0.717, 1.165) is 0 Å². The Kier molecular flexibility index (Phi) is 7.10. The summed E-state index contributed by atoms with van der Waals surface area (Å²) in [5.41, 5.74) is 0.335. The minimum Gasteiger partial charge on any atom is -0.386 e. The monoisotopic (exact) mass is 662 g/mol. The number of thiol groups is 1. The van der Waals surface area contributed by atoms with Crippen molar-refractivity contribution in [2.45, 2.75) is 49.3 Å². The quantitative estimate of drug-likeness (QED) is 0.134. The van der Waals surface area contributed by atoms with Crippen LogP contribution in [0.2, 0.25) is 0 Å². The number of aromatic nitrogens is 8. The molecule has 0 aromatic carbocycles. The Hall–Kier alpha value is -2.23. The highest BCUT2D eigenvalue weighted by atomic mass is 32.7. The van der Waals surface area contributed by atoms with E-state index in [0.29, 0.717) is 11.2 Å². The van der Waals surface area contributed by atoms with E-state index in [9.17, 15) is 24.5 Å². The molecule has 3 aliphatic heterocycles. The summed E-state index contributed by atoms with van der Waals surface area (Å²) in [5, 5.41) is 28.3. The number of fused-ring (bicyclic) bond motifs is 5. The fourth-order valence-electron chi connectivity index (χ4n) is 4.97. The molecule has 0 aliphatic carbocycles. The van der Waals surface area contributed by atoms with Crippen LogP contribution in [0.4, 0.5) is 0 Å². The summed E-state index contributed by atoms with van der Waals surface area (Å²) in [7, 11) is 0. The molecular formula is C19H20N8O11P2S2. The molecule has 0 amide bonds. The summed E-state index contributed by atoms with van der Waals surface area (Å²) < 4.78 is 50.3.